The second-order valence-corrected chi connectivity index (χ2v) is 8.40. The minimum atomic E-state index is -1.35. The largest absolute Gasteiger partial charge is 0.536 e. The van der Waals surface area contributed by atoms with Gasteiger partial charge in [0.25, 0.3) is 11.8 Å². The van der Waals surface area contributed by atoms with Crippen molar-refractivity contribution >= 4 is 46.5 Å². The Balaban J connectivity index is 1.31. The number of carbonyl (C=O) groups is 5. The number of imide groups is 1. The smallest absolute Gasteiger partial charge is 0.428 e. The van der Waals surface area contributed by atoms with Crippen LogP contribution in [0.3, 0.4) is 0 Å². The van der Waals surface area contributed by atoms with Crippen LogP contribution >= 0.6 is 0 Å². The lowest BCUT2D eigenvalue weighted by Crippen LogP contribution is -2.32. The number of amides is 3. The summed E-state index contributed by atoms with van der Waals surface area (Å²) in [5.74, 6) is -2.33. The van der Waals surface area contributed by atoms with Gasteiger partial charge >= 0.3 is 17.8 Å². The Kier molecular flexibility index (Phi) is 9.98. The Morgan fingerprint density at radius 2 is 1.85 bits per heavy atom. The van der Waals surface area contributed by atoms with Gasteiger partial charge in [-0.1, -0.05) is 28.7 Å². The summed E-state index contributed by atoms with van der Waals surface area (Å²) in [6, 6.07) is 4.68. The first kappa shape index (κ1) is 28.7. The van der Waals surface area contributed by atoms with Crippen LogP contribution in [0.2, 0.25) is 0 Å². The highest BCUT2D eigenvalue weighted by Crippen LogP contribution is 2.24. The Labute approximate surface area is 220 Å². The van der Waals surface area contributed by atoms with Crippen LogP contribution in [0.1, 0.15) is 49.7 Å². The predicted molar refractivity (Wildman–Crippen MR) is 131 cm³/mol. The predicted octanol–water partition coefficient (Wildman–Crippen LogP) is 2.98. The highest BCUT2D eigenvalue weighted by atomic mass is 16.9. The summed E-state index contributed by atoms with van der Waals surface area (Å²) in [6.07, 6.45) is -0.00969. The minimum absolute atomic E-state index is 0.0359. The van der Waals surface area contributed by atoms with Gasteiger partial charge in [0.1, 0.15) is 5.58 Å². The SMILES string of the molecule is Cc1c(CC(=O)NCCCCCC(=O)OCOC(=O)ON2C(=O)CCC2=O)c(=O)oc2cc(N=[N+]=[N-])ccc12. The summed E-state index contributed by atoms with van der Waals surface area (Å²) in [6.45, 7) is 1.29. The third kappa shape index (κ3) is 8.04. The molecule has 0 aliphatic carbocycles. The van der Waals surface area contributed by atoms with E-state index < -0.39 is 36.4 Å². The van der Waals surface area contributed by atoms with E-state index in [1.807, 2.05) is 0 Å². The number of nitrogens with one attached hydrogen (secondary N) is 1. The van der Waals surface area contributed by atoms with Crippen LogP contribution in [0.5, 0.6) is 0 Å². The lowest BCUT2D eigenvalue weighted by atomic mass is 10.0. The summed E-state index contributed by atoms with van der Waals surface area (Å²) < 4.78 is 14.5. The molecule has 1 aliphatic heterocycles. The molecule has 0 saturated carbocycles. The van der Waals surface area contributed by atoms with Gasteiger partial charge in [-0.15, -0.1) is 0 Å². The average molecular weight is 543 g/mol. The van der Waals surface area contributed by atoms with E-state index in [4.69, 9.17) is 14.7 Å². The number of azide groups is 1. The second kappa shape index (κ2) is 13.6. The van der Waals surface area contributed by atoms with E-state index in [0.29, 0.717) is 47.5 Å². The molecule has 3 rings (SSSR count). The Morgan fingerprint density at radius 1 is 1.10 bits per heavy atom. The molecule has 1 N–H and O–H groups in total. The summed E-state index contributed by atoms with van der Waals surface area (Å²) in [5.41, 5.74) is 9.28. The molecule has 39 heavy (non-hydrogen) atoms. The van der Waals surface area contributed by atoms with Crippen molar-refractivity contribution in [2.75, 3.05) is 13.3 Å². The first-order valence-corrected chi connectivity index (χ1v) is 11.9. The van der Waals surface area contributed by atoms with Crippen LogP contribution in [0.4, 0.5) is 10.5 Å². The molecule has 1 fully saturated rings. The summed E-state index contributed by atoms with van der Waals surface area (Å²) in [5, 5.41) is 7.13. The van der Waals surface area contributed by atoms with Crippen molar-refractivity contribution in [1.29, 1.82) is 0 Å². The molecule has 0 unspecified atom stereocenters. The van der Waals surface area contributed by atoms with E-state index in [1.54, 1.807) is 19.1 Å². The third-order valence-corrected chi connectivity index (χ3v) is 5.72. The molecule has 0 radical (unpaired) electrons. The van der Waals surface area contributed by atoms with Gasteiger partial charge in [0.05, 0.1) is 12.0 Å². The topological polar surface area (TPSA) is 207 Å². The maximum absolute atomic E-state index is 12.4. The van der Waals surface area contributed by atoms with Gasteiger partial charge in [0.15, 0.2) is 0 Å². The van der Waals surface area contributed by atoms with Crippen molar-refractivity contribution < 1.29 is 42.7 Å². The Hall–Kier alpha value is -4.91. The fourth-order valence-electron chi connectivity index (χ4n) is 3.70. The lowest BCUT2D eigenvalue weighted by molar-refractivity contribution is -0.182. The summed E-state index contributed by atoms with van der Waals surface area (Å²) in [7, 11) is 0. The van der Waals surface area contributed by atoms with E-state index in [1.165, 1.54) is 6.07 Å². The number of ether oxygens (including phenoxy) is 2. The molecule has 0 spiro atoms. The quantitative estimate of drug-likeness (QED) is 0.0605. The molecular formula is C24H25N5O10. The highest BCUT2D eigenvalue weighted by molar-refractivity contribution is 6.01. The van der Waals surface area contributed by atoms with Crippen molar-refractivity contribution in [3.63, 3.8) is 0 Å². The van der Waals surface area contributed by atoms with Gasteiger partial charge < -0.3 is 19.2 Å². The standard InChI is InChI=1S/C24H25N5O10/c1-14-16-7-6-15(27-28-25)11-18(16)38-23(34)17(14)12-19(30)26-10-4-2-3-5-22(33)36-13-37-24(35)39-29-20(31)8-9-21(29)32/h6-7,11H,2-5,8-10,12-13H2,1H3,(H,26,30). The molecule has 0 bridgehead atoms. The monoisotopic (exact) mass is 543 g/mol. The van der Waals surface area contributed by atoms with Crippen molar-refractivity contribution in [3.8, 4) is 0 Å². The van der Waals surface area contributed by atoms with Crippen molar-refractivity contribution in [2.24, 2.45) is 5.11 Å². The number of nitrogens with zero attached hydrogens (tertiary/aromatic N) is 4. The van der Waals surface area contributed by atoms with E-state index in [0.717, 1.165) is 0 Å². The van der Waals surface area contributed by atoms with Crippen LogP contribution < -0.4 is 10.9 Å². The van der Waals surface area contributed by atoms with Crippen molar-refractivity contribution in [1.82, 2.24) is 10.4 Å². The van der Waals surface area contributed by atoms with Crippen LogP contribution in [0.25, 0.3) is 21.4 Å². The number of benzene rings is 1. The Bertz CT molecular complexity index is 1380. The fourth-order valence-corrected chi connectivity index (χ4v) is 3.70. The van der Waals surface area contributed by atoms with Crippen LogP contribution in [-0.2, 0) is 39.9 Å². The van der Waals surface area contributed by atoms with Crippen LogP contribution in [-0.4, -0.2) is 48.2 Å². The van der Waals surface area contributed by atoms with Crippen LogP contribution in [0.15, 0.2) is 32.5 Å². The molecule has 2 aromatic rings. The maximum atomic E-state index is 12.4. The normalized spacial score (nSPS) is 12.7. The second-order valence-electron chi connectivity index (χ2n) is 8.40. The number of hydroxylamine groups is 2. The number of carbonyl (C=O) groups excluding carboxylic acids is 5. The molecule has 15 nitrogen and oxygen atoms in total. The zero-order chi connectivity index (χ0) is 28.4. The highest BCUT2D eigenvalue weighted by Gasteiger charge is 2.33. The first-order chi connectivity index (χ1) is 18.7. The summed E-state index contributed by atoms with van der Waals surface area (Å²) in [4.78, 5) is 77.8. The maximum Gasteiger partial charge on any atom is 0.536 e. The number of esters is 1. The Morgan fingerprint density at radius 3 is 2.56 bits per heavy atom. The van der Waals surface area contributed by atoms with Gasteiger partial charge in [-0.2, -0.15) is 0 Å². The molecule has 0 atom stereocenters. The number of hydrogen-bond acceptors (Lipinski definition) is 11. The number of fused-ring (bicyclic) bond motifs is 1. The molecule has 1 aromatic heterocycles. The van der Waals surface area contributed by atoms with E-state index in [2.05, 4.69) is 24.9 Å². The number of rotatable bonds is 12. The number of aryl methyl sites for hydroxylation is 1. The molecule has 15 heteroatoms. The lowest BCUT2D eigenvalue weighted by Gasteiger charge is -2.12. The average Bonchev–Trinajstić information content (AvgIpc) is 3.20. The molecular weight excluding hydrogens is 518 g/mol. The molecule has 2 heterocycles. The fraction of sp³-hybridized carbons (Fsp3) is 0.417. The minimum Gasteiger partial charge on any atom is -0.428 e. The van der Waals surface area contributed by atoms with E-state index in [-0.39, 0.29) is 42.7 Å². The third-order valence-electron chi connectivity index (χ3n) is 5.72. The number of unbranched alkanes of at least 4 members (excludes halogenated alkanes) is 2. The zero-order valence-electron chi connectivity index (χ0n) is 21.0. The number of hydrogen-bond donors (Lipinski definition) is 1. The van der Waals surface area contributed by atoms with Gasteiger partial charge in [-0.3, -0.25) is 24.0 Å². The van der Waals surface area contributed by atoms with Gasteiger partial charge in [0.2, 0.25) is 12.7 Å². The van der Waals surface area contributed by atoms with E-state index >= 15 is 0 Å². The molecule has 206 valence electrons. The van der Waals surface area contributed by atoms with Crippen molar-refractivity contribution in [2.45, 2.75) is 51.9 Å². The molecule has 1 aliphatic rings. The van der Waals surface area contributed by atoms with Gasteiger partial charge in [-0.25, -0.2) is 9.59 Å². The van der Waals surface area contributed by atoms with Gasteiger partial charge in [-0.05, 0) is 36.9 Å². The van der Waals surface area contributed by atoms with E-state index in [9.17, 15) is 28.8 Å². The van der Waals surface area contributed by atoms with Crippen molar-refractivity contribution in [3.05, 3.63) is 50.2 Å². The van der Waals surface area contributed by atoms with Gasteiger partial charge in [0, 0.05) is 41.8 Å². The zero-order valence-corrected chi connectivity index (χ0v) is 21.0. The molecule has 3 amide bonds. The summed E-state index contributed by atoms with van der Waals surface area (Å²) >= 11 is 0. The first-order valence-electron chi connectivity index (χ1n) is 11.9. The molecule has 1 saturated heterocycles. The molecule has 1 aromatic carbocycles. The van der Waals surface area contributed by atoms with Crippen LogP contribution in [0, 0.1) is 6.92 Å².